The van der Waals surface area contributed by atoms with Crippen molar-refractivity contribution in [3.05, 3.63) is 108 Å². The number of hydrogen-bond acceptors (Lipinski definition) is 0. The Morgan fingerprint density at radius 1 is 0.515 bits per heavy atom. The number of benzene rings is 4. The van der Waals surface area contributed by atoms with Crippen molar-refractivity contribution >= 4 is 21.8 Å². The molecule has 5 aromatic rings. The average molecular weight is 434 g/mol. The first-order valence-electron chi connectivity index (χ1n) is 12.4. The summed E-state index contributed by atoms with van der Waals surface area (Å²) in [7, 11) is 0. The fraction of sp³-hybridized carbons (Fsp3) is 0.250. The number of rotatable bonds is 2. The van der Waals surface area contributed by atoms with Crippen LogP contribution in [0.1, 0.15) is 57.6 Å². The van der Waals surface area contributed by atoms with E-state index in [4.69, 9.17) is 0 Å². The lowest BCUT2D eigenvalue weighted by molar-refractivity contribution is 0.669. The molecule has 1 aromatic heterocycles. The molecule has 1 heteroatoms. The van der Waals surface area contributed by atoms with Crippen molar-refractivity contribution in [1.82, 2.24) is 4.57 Å². The molecule has 0 radical (unpaired) electrons. The van der Waals surface area contributed by atoms with E-state index in [1.54, 1.807) is 0 Å². The summed E-state index contributed by atoms with van der Waals surface area (Å²) in [4.78, 5) is 0. The maximum absolute atomic E-state index is 2.51. The van der Waals surface area contributed by atoms with Gasteiger partial charge in [-0.3, -0.25) is 0 Å². The largest absolute Gasteiger partial charge is 0.340 e. The SMILES string of the molecule is CCC.CCC.c1ccc2c(c1)-c1ccccc1C2Cn1c2ccccc2c2ccccc21. The predicted molar refractivity (Wildman–Crippen MR) is 145 cm³/mol. The smallest absolute Gasteiger partial charge is 0.0491 e. The van der Waals surface area contributed by atoms with Gasteiger partial charge in [-0.2, -0.15) is 0 Å². The van der Waals surface area contributed by atoms with Crippen molar-refractivity contribution in [2.45, 2.75) is 53.0 Å². The molecule has 4 aromatic carbocycles. The molecule has 168 valence electrons. The third kappa shape index (κ3) is 4.33. The Bertz CT molecular complexity index is 1240. The first kappa shape index (κ1) is 22.9. The van der Waals surface area contributed by atoms with E-state index in [0.29, 0.717) is 5.92 Å². The van der Waals surface area contributed by atoms with E-state index in [1.807, 2.05) is 0 Å². The van der Waals surface area contributed by atoms with E-state index in [2.05, 4.69) is 129 Å². The highest BCUT2D eigenvalue weighted by Crippen LogP contribution is 2.46. The van der Waals surface area contributed by atoms with Gasteiger partial charge in [0, 0.05) is 34.3 Å². The van der Waals surface area contributed by atoms with Gasteiger partial charge in [0.15, 0.2) is 0 Å². The summed E-state index contributed by atoms with van der Waals surface area (Å²) in [6.07, 6.45) is 2.50. The fourth-order valence-corrected chi connectivity index (χ4v) is 4.84. The van der Waals surface area contributed by atoms with Gasteiger partial charge in [0.25, 0.3) is 0 Å². The minimum absolute atomic E-state index is 0.386. The van der Waals surface area contributed by atoms with Gasteiger partial charge in [0.05, 0.1) is 0 Å². The van der Waals surface area contributed by atoms with E-state index in [-0.39, 0.29) is 0 Å². The van der Waals surface area contributed by atoms with Crippen LogP contribution in [-0.4, -0.2) is 4.57 Å². The number of fused-ring (bicyclic) bond motifs is 6. The Morgan fingerprint density at radius 2 is 0.879 bits per heavy atom. The second-order valence-electron chi connectivity index (χ2n) is 8.79. The molecule has 33 heavy (non-hydrogen) atoms. The van der Waals surface area contributed by atoms with Gasteiger partial charge in [-0.15, -0.1) is 0 Å². The highest BCUT2D eigenvalue weighted by molar-refractivity contribution is 6.08. The van der Waals surface area contributed by atoms with Gasteiger partial charge in [0.2, 0.25) is 0 Å². The zero-order chi connectivity index (χ0) is 23.2. The normalized spacial score (nSPS) is 11.9. The predicted octanol–water partition coefficient (Wildman–Crippen LogP) is 9.44. The molecule has 0 aliphatic heterocycles. The topological polar surface area (TPSA) is 4.93 Å². The summed E-state index contributed by atoms with van der Waals surface area (Å²) in [6, 6.07) is 35.3. The van der Waals surface area contributed by atoms with E-state index in [0.717, 1.165) is 6.54 Å². The van der Waals surface area contributed by atoms with Crippen LogP contribution in [0.5, 0.6) is 0 Å². The second kappa shape index (κ2) is 10.5. The van der Waals surface area contributed by atoms with Crippen LogP contribution in [0.4, 0.5) is 0 Å². The average Bonchev–Trinajstić information content (AvgIpc) is 3.34. The van der Waals surface area contributed by atoms with E-state index >= 15 is 0 Å². The minimum atomic E-state index is 0.386. The summed E-state index contributed by atoms with van der Waals surface area (Å²) in [5.41, 5.74) is 8.31. The highest BCUT2D eigenvalue weighted by Gasteiger charge is 2.29. The molecule has 1 aliphatic carbocycles. The summed E-state index contributed by atoms with van der Waals surface area (Å²) >= 11 is 0. The molecule has 0 saturated heterocycles. The summed E-state index contributed by atoms with van der Waals surface area (Å²) < 4.78 is 2.51. The molecule has 0 amide bonds. The van der Waals surface area contributed by atoms with Crippen molar-refractivity contribution < 1.29 is 0 Å². The molecule has 1 nitrogen and oxygen atoms in total. The molecule has 0 fully saturated rings. The monoisotopic (exact) mass is 433 g/mol. The maximum atomic E-state index is 2.51. The van der Waals surface area contributed by atoms with Crippen LogP contribution in [0, 0.1) is 0 Å². The molecular weight excluding hydrogens is 398 g/mol. The van der Waals surface area contributed by atoms with E-state index < -0.39 is 0 Å². The molecule has 1 heterocycles. The molecule has 6 rings (SSSR count). The van der Waals surface area contributed by atoms with Gasteiger partial charge in [-0.1, -0.05) is 125 Å². The third-order valence-corrected chi connectivity index (χ3v) is 6.01. The lowest BCUT2D eigenvalue weighted by atomic mass is 9.97. The number of hydrogen-bond donors (Lipinski definition) is 0. The lowest BCUT2D eigenvalue weighted by Gasteiger charge is -2.17. The number of para-hydroxylation sites is 2. The second-order valence-corrected chi connectivity index (χ2v) is 8.79. The highest BCUT2D eigenvalue weighted by atomic mass is 15.0. The lowest BCUT2D eigenvalue weighted by Crippen LogP contribution is -2.08. The molecule has 0 bridgehead atoms. The maximum Gasteiger partial charge on any atom is 0.0491 e. The van der Waals surface area contributed by atoms with Crippen molar-refractivity contribution in [3.63, 3.8) is 0 Å². The van der Waals surface area contributed by atoms with Crippen molar-refractivity contribution in [1.29, 1.82) is 0 Å². The first-order valence-corrected chi connectivity index (χ1v) is 12.4. The fourth-order valence-electron chi connectivity index (χ4n) is 4.84. The first-order chi connectivity index (χ1) is 16.2. The minimum Gasteiger partial charge on any atom is -0.340 e. The quantitative estimate of drug-likeness (QED) is 0.261. The van der Waals surface area contributed by atoms with Gasteiger partial charge < -0.3 is 4.57 Å². The Labute approximate surface area is 198 Å². The number of nitrogens with zero attached hydrogens (tertiary/aromatic N) is 1. The van der Waals surface area contributed by atoms with Crippen LogP contribution in [0.2, 0.25) is 0 Å². The van der Waals surface area contributed by atoms with Crippen LogP contribution in [0.15, 0.2) is 97.1 Å². The van der Waals surface area contributed by atoms with Crippen molar-refractivity contribution in [2.24, 2.45) is 0 Å². The Balaban J connectivity index is 0.000000394. The van der Waals surface area contributed by atoms with Crippen LogP contribution in [0.25, 0.3) is 32.9 Å². The molecule has 1 aliphatic rings. The van der Waals surface area contributed by atoms with Crippen molar-refractivity contribution in [3.8, 4) is 11.1 Å². The zero-order valence-electron chi connectivity index (χ0n) is 20.4. The summed E-state index contributed by atoms with van der Waals surface area (Å²) in [5, 5.41) is 2.68. The van der Waals surface area contributed by atoms with Gasteiger partial charge in [0.1, 0.15) is 0 Å². The molecular formula is C32H35N. The molecule has 0 atom stereocenters. The van der Waals surface area contributed by atoms with E-state index in [1.165, 1.54) is 56.9 Å². The molecule has 0 spiro atoms. The summed E-state index contributed by atoms with van der Waals surface area (Å²) in [5.74, 6) is 0.386. The zero-order valence-corrected chi connectivity index (χ0v) is 20.4. The van der Waals surface area contributed by atoms with Gasteiger partial charge in [-0.25, -0.2) is 0 Å². The summed E-state index contributed by atoms with van der Waals surface area (Å²) in [6.45, 7) is 9.46. The molecule has 0 N–H and O–H groups in total. The number of aromatic nitrogens is 1. The van der Waals surface area contributed by atoms with Crippen LogP contribution in [-0.2, 0) is 6.54 Å². The molecule has 0 unspecified atom stereocenters. The van der Waals surface area contributed by atoms with Crippen LogP contribution < -0.4 is 0 Å². The van der Waals surface area contributed by atoms with Gasteiger partial charge in [-0.05, 0) is 34.4 Å². The Kier molecular flexibility index (Phi) is 7.29. The Hall–Kier alpha value is -3.32. The van der Waals surface area contributed by atoms with Gasteiger partial charge >= 0.3 is 0 Å². The van der Waals surface area contributed by atoms with Crippen LogP contribution >= 0.6 is 0 Å². The standard InChI is InChI=1S/C26H19N.2C3H8/c1-3-11-20-18(9-1)19-10-2-4-12-21(19)24(20)17-27-25-15-7-5-13-22(25)23-14-6-8-16-26(23)27;2*1-3-2/h1-16,24H,17H2;2*3H2,1-2H3. The van der Waals surface area contributed by atoms with Crippen molar-refractivity contribution in [2.75, 3.05) is 0 Å². The Morgan fingerprint density at radius 3 is 1.33 bits per heavy atom. The third-order valence-electron chi connectivity index (χ3n) is 6.01. The molecule has 0 saturated carbocycles. The van der Waals surface area contributed by atoms with E-state index in [9.17, 15) is 0 Å². The van der Waals surface area contributed by atoms with Crippen LogP contribution in [0.3, 0.4) is 0 Å².